The number of halogens is 3. The minimum atomic E-state index is -4.43. The lowest BCUT2D eigenvalue weighted by molar-refractivity contribution is -0.137. The Hall–Kier alpha value is -3.36. The molecule has 0 bridgehead atoms. The molecule has 3 heterocycles. The van der Waals surface area contributed by atoms with Gasteiger partial charge in [-0.3, -0.25) is 4.79 Å². The molecule has 35 heavy (non-hydrogen) atoms. The molecule has 1 fully saturated rings. The molecule has 5 rings (SSSR count). The predicted octanol–water partition coefficient (Wildman–Crippen LogP) is 5.79. The lowest BCUT2D eigenvalue weighted by atomic mass is 9.96. The Morgan fingerprint density at radius 1 is 0.971 bits per heavy atom. The van der Waals surface area contributed by atoms with Gasteiger partial charge in [-0.2, -0.15) is 13.2 Å². The summed E-state index contributed by atoms with van der Waals surface area (Å²) in [5.41, 5.74) is 0.460. The summed E-state index contributed by atoms with van der Waals surface area (Å²) in [5, 5.41) is 11.9. The fraction of sp³-hybridized carbons (Fsp3) is 0.423. The summed E-state index contributed by atoms with van der Waals surface area (Å²) < 4.78 is 41.7. The molecule has 0 radical (unpaired) electrons. The van der Waals surface area contributed by atoms with Crippen molar-refractivity contribution in [2.24, 2.45) is 0 Å². The second-order valence-electron chi connectivity index (χ2n) is 9.28. The van der Waals surface area contributed by atoms with Gasteiger partial charge >= 0.3 is 6.18 Å². The van der Waals surface area contributed by atoms with E-state index in [1.54, 1.807) is 30.3 Å². The van der Waals surface area contributed by atoms with E-state index in [4.69, 9.17) is 0 Å². The molecule has 1 amide bonds. The number of hydrogen-bond donors (Lipinski definition) is 1. The summed E-state index contributed by atoms with van der Waals surface area (Å²) in [5.74, 6) is 1.99. The van der Waals surface area contributed by atoms with Crippen LogP contribution in [0.5, 0.6) is 0 Å². The van der Waals surface area contributed by atoms with E-state index in [0.29, 0.717) is 24.3 Å². The number of rotatable bonds is 4. The fourth-order valence-electron chi connectivity index (χ4n) is 5.06. The number of benzene rings is 2. The van der Waals surface area contributed by atoms with Crippen LogP contribution in [-0.2, 0) is 19.1 Å². The average Bonchev–Trinajstić information content (AvgIpc) is 3.12. The Bertz CT molecular complexity index is 1210. The first-order chi connectivity index (χ1) is 16.9. The molecule has 0 unspecified atom stereocenters. The van der Waals surface area contributed by atoms with E-state index in [2.05, 4.69) is 20.1 Å². The summed E-state index contributed by atoms with van der Waals surface area (Å²) in [7, 11) is 0. The molecule has 0 spiro atoms. The topological polar surface area (TPSA) is 63.1 Å². The van der Waals surface area contributed by atoms with Crippen molar-refractivity contribution < 1.29 is 18.0 Å². The van der Waals surface area contributed by atoms with Crippen molar-refractivity contribution in [2.45, 2.75) is 57.2 Å². The van der Waals surface area contributed by atoms with Crippen LogP contribution in [0, 0.1) is 0 Å². The second kappa shape index (κ2) is 9.71. The Morgan fingerprint density at radius 3 is 2.69 bits per heavy atom. The standard InChI is InChI=1S/C26H28F3N5O/c27-26(28,29)19-9-6-10-20(16-19)30-22-12-4-3-11-21(22)25(35)33-14-7-8-18(17-33)24-32-31-23-13-2-1-5-15-34(23)24/h3-4,6,9-12,16,18,30H,1-2,5,7-8,13-15,17H2/t18-/m0/s1. The Balaban J connectivity index is 1.35. The van der Waals surface area contributed by atoms with Gasteiger partial charge in [0.05, 0.1) is 16.8 Å². The number of carbonyl (C=O) groups excluding carboxylic acids is 1. The first kappa shape index (κ1) is 23.4. The number of para-hydroxylation sites is 1. The predicted molar refractivity (Wildman–Crippen MR) is 127 cm³/mol. The van der Waals surface area contributed by atoms with Crippen LogP contribution < -0.4 is 5.32 Å². The largest absolute Gasteiger partial charge is 0.416 e. The van der Waals surface area contributed by atoms with Crippen molar-refractivity contribution in [1.29, 1.82) is 0 Å². The van der Waals surface area contributed by atoms with Gasteiger partial charge in [-0.05, 0) is 56.0 Å². The van der Waals surface area contributed by atoms with Crippen molar-refractivity contribution in [3.63, 3.8) is 0 Å². The van der Waals surface area contributed by atoms with E-state index in [1.165, 1.54) is 12.5 Å². The molecule has 1 atom stereocenters. The van der Waals surface area contributed by atoms with Crippen molar-refractivity contribution in [1.82, 2.24) is 19.7 Å². The zero-order valence-corrected chi connectivity index (χ0v) is 19.4. The third kappa shape index (κ3) is 5.04. The average molecular weight is 484 g/mol. The van der Waals surface area contributed by atoms with Gasteiger partial charge in [-0.15, -0.1) is 10.2 Å². The number of fused-ring (bicyclic) bond motifs is 1. The minimum absolute atomic E-state index is 0.121. The molecule has 184 valence electrons. The minimum Gasteiger partial charge on any atom is -0.355 e. The quantitative estimate of drug-likeness (QED) is 0.511. The molecule has 2 aliphatic rings. The van der Waals surface area contributed by atoms with Gasteiger partial charge in [-0.25, -0.2) is 0 Å². The fourth-order valence-corrected chi connectivity index (χ4v) is 5.06. The molecule has 0 aliphatic carbocycles. The van der Waals surface area contributed by atoms with Gasteiger partial charge in [0, 0.05) is 37.7 Å². The number of nitrogens with one attached hydrogen (secondary N) is 1. The highest BCUT2D eigenvalue weighted by molar-refractivity contribution is 6.00. The van der Waals surface area contributed by atoms with Crippen LogP contribution in [0.15, 0.2) is 48.5 Å². The Morgan fingerprint density at radius 2 is 1.83 bits per heavy atom. The Kier molecular flexibility index (Phi) is 6.49. The van der Waals surface area contributed by atoms with E-state index in [1.807, 2.05) is 4.90 Å². The third-order valence-electron chi connectivity index (χ3n) is 6.84. The molecule has 2 aliphatic heterocycles. The maximum Gasteiger partial charge on any atom is 0.416 e. The molecule has 6 nitrogen and oxygen atoms in total. The number of anilines is 2. The van der Waals surface area contributed by atoms with E-state index in [0.717, 1.165) is 62.4 Å². The van der Waals surface area contributed by atoms with Crippen molar-refractivity contribution in [3.05, 3.63) is 71.3 Å². The van der Waals surface area contributed by atoms with Gasteiger partial charge in [0.2, 0.25) is 0 Å². The van der Waals surface area contributed by atoms with Gasteiger partial charge in [0.1, 0.15) is 11.6 Å². The van der Waals surface area contributed by atoms with Crippen LogP contribution in [0.1, 0.15) is 65.6 Å². The summed E-state index contributed by atoms with van der Waals surface area (Å²) >= 11 is 0. The van der Waals surface area contributed by atoms with Crippen molar-refractivity contribution in [3.8, 4) is 0 Å². The number of hydrogen-bond acceptors (Lipinski definition) is 4. The number of carbonyl (C=O) groups is 1. The molecule has 1 aromatic heterocycles. The molecule has 9 heteroatoms. The van der Waals surface area contributed by atoms with E-state index >= 15 is 0 Å². The number of nitrogens with zero attached hydrogens (tertiary/aromatic N) is 4. The van der Waals surface area contributed by atoms with Crippen LogP contribution in [0.4, 0.5) is 24.5 Å². The number of amides is 1. The zero-order chi connectivity index (χ0) is 24.4. The number of likely N-dealkylation sites (tertiary alicyclic amines) is 1. The van der Waals surface area contributed by atoms with E-state index in [-0.39, 0.29) is 17.5 Å². The molecular formula is C26H28F3N5O. The number of alkyl halides is 3. The summed E-state index contributed by atoms with van der Waals surface area (Å²) in [6.45, 7) is 2.11. The van der Waals surface area contributed by atoms with Crippen molar-refractivity contribution >= 4 is 17.3 Å². The van der Waals surface area contributed by atoms with Crippen LogP contribution in [0.2, 0.25) is 0 Å². The number of aromatic nitrogens is 3. The third-order valence-corrected chi connectivity index (χ3v) is 6.84. The van der Waals surface area contributed by atoms with E-state index < -0.39 is 11.7 Å². The monoisotopic (exact) mass is 483 g/mol. The van der Waals surface area contributed by atoms with Gasteiger partial charge < -0.3 is 14.8 Å². The van der Waals surface area contributed by atoms with Gasteiger partial charge in [0.25, 0.3) is 5.91 Å². The first-order valence-electron chi connectivity index (χ1n) is 12.1. The summed E-state index contributed by atoms with van der Waals surface area (Å²) in [4.78, 5) is 15.4. The normalized spacial score (nSPS) is 18.6. The van der Waals surface area contributed by atoms with Crippen molar-refractivity contribution in [2.75, 3.05) is 18.4 Å². The molecule has 2 aromatic carbocycles. The van der Waals surface area contributed by atoms with Gasteiger partial charge in [-0.1, -0.05) is 24.6 Å². The first-order valence-corrected chi connectivity index (χ1v) is 12.1. The van der Waals surface area contributed by atoms with E-state index in [9.17, 15) is 18.0 Å². The lowest BCUT2D eigenvalue weighted by Crippen LogP contribution is -2.40. The zero-order valence-electron chi connectivity index (χ0n) is 19.4. The summed E-state index contributed by atoms with van der Waals surface area (Å²) in [6.07, 6.45) is 1.75. The van der Waals surface area contributed by atoms with Crippen LogP contribution in [0.25, 0.3) is 0 Å². The summed E-state index contributed by atoms with van der Waals surface area (Å²) in [6, 6.07) is 12.0. The molecule has 1 saturated heterocycles. The molecule has 3 aromatic rings. The Labute approximate surface area is 202 Å². The molecule has 0 saturated carbocycles. The highest BCUT2D eigenvalue weighted by Crippen LogP contribution is 2.33. The highest BCUT2D eigenvalue weighted by Gasteiger charge is 2.32. The van der Waals surface area contributed by atoms with Crippen LogP contribution in [0.3, 0.4) is 0 Å². The SMILES string of the molecule is O=C(c1ccccc1Nc1cccc(C(F)(F)F)c1)N1CCC[C@H](c2nnc3n2CCCCC3)C1. The molecule has 1 N–H and O–H groups in total. The maximum absolute atomic E-state index is 13.6. The number of aryl methyl sites for hydroxylation is 1. The second-order valence-corrected chi connectivity index (χ2v) is 9.28. The lowest BCUT2D eigenvalue weighted by Gasteiger charge is -2.33. The maximum atomic E-state index is 13.6. The number of piperidine rings is 1. The smallest absolute Gasteiger partial charge is 0.355 e. The molecular weight excluding hydrogens is 455 g/mol. The van der Waals surface area contributed by atoms with Gasteiger partial charge in [0.15, 0.2) is 0 Å². The van der Waals surface area contributed by atoms with Crippen LogP contribution >= 0.6 is 0 Å². The highest BCUT2D eigenvalue weighted by atomic mass is 19.4. The van der Waals surface area contributed by atoms with Crippen LogP contribution in [-0.4, -0.2) is 38.7 Å².